The Kier molecular flexibility index (Phi) is 6.26. The first kappa shape index (κ1) is 16.8. The van der Waals surface area contributed by atoms with Crippen LogP contribution < -0.4 is 10.6 Å². The number of rotatable bonds is 7. The minimum absolute atomic E-state index is 0.0101. The van der Waals surface area contributed by atoms with Gasteiger partial charge < -0.3 is 15.5 Å². The number of anilines is 2. The number of carbonyl (C=O) groups excluding carboxylic acids is 1. The molecular weight excluding hydrogens is 272 g/mol. The van der Waals surface area contributed by atoms with Gasteiger partial charge >= 0.3 is 0 Å². The van der Waals surface area contributed by atoms with Crippen molar-refractivity contribution in [2.24, 2.45) is 0 Å². The Morgan fingerprint density at radius 1 is 1.40 bits per heavy atom. The summed E-state index contributed by atoms with van der Waals surface area (Å²) in [6, 6.07) is 0.221. The first-order valence-corrected chi connectivity index (χ1v) is 7.98. The quantitative estimate of drug-likeness (QED) is 0.841. The maximum Gasteiger partial charge on any atom is 0.268 e. The van der Waals surface area contributed by atoms with Gasteiger partial charge in [-0.1, -0.05) is 31.6 Å². The summed E-state index contributed by atoms with van der Waals surface area (Å²) in [5.41, 5.74) is 5.91. The SMILES string of the molecule is CCCCN(C(=O)c1sc(N(C)C)nc1N)C(C)CC. The molecule has 5 nitrogen and oxygen atoms in total. The van der Waals surface area contributed by atoms with Crippen LogP contribution >= 0.6 is 11.3 Å². The third-order valence-electron chi connectivity index (χ3n) is 3.36. The molecule has 2 N–H and O–H groups in total. The number of hydrogen-bond donors (Lipinski definition) is 1. The van der Waals surface area contributed by atoms with E-state index in [0.717, 1.165) is 30.9 Å². The second-order valence-corrected chi connectivity index (χ2v) is 6.19. The van der Waals surface area contributed by atoms with E-state index in [9.17, 15) is 4.79 Å². The highest BCUT2D eigenvalue weighted by Gasteiger charge is 2.25. The van der Waals surface area contributed by atoms with Crippen molar-refractivity contribution in [3.63, 3.8) is 0 Å². The smallest absolute Gasteiger partial charge is 0.268 e. The lowest BCUT2D eigenvalue weighted by molar-refractivity contribution is 0.0691. The van der Waals surface area contributed by atoms with Crippen molar-refractivity contribution in [3.8, 4) is 0 Å². The highest BCUT2D eigenvalue weighted by molar-refractivity contribution is 7.18. The number of amides is 1. The molecule has 0 aliphatic rings. The number of thiazole rings is 1. The third kappa shape index (κ3) is 3.85. The van der Waals surface area contributed by atoms with Crippen LogP contribution in [0.2, 0.25) is 0 Å². The zero-order valence-electron chi connectivity index (χ0n) is 13.1. The van der Waals surface area contributed by atoms with Gasteiger partial charge in [0.2, 0.25) is 0 Å². The van der Waals surface area contributed by atoms with Crippen LogP contribution in [0.1, 0.15) is 49.7 Å². The van der Waals surface area contributed by atoms with Crippen molar-refractivity contribution in [1.29, 1.82) is 0 Å². The van der Waals surface area contributed by atoms with Crippen molar-refractivity contribution in [2.75, 3.05) is 31.3 Å². The molecule has 114 valence electrons. The first-order valence-electron chi connectivity index (χ1n) is 7.16. The van der Waals surface area contributed by atoms with Crippen molar-refractivity contribution < 1.29 is 4.79 Å². The molecule has 0 aliphatic heterocycles. The van der Waals surface area contributed by atoms with Gasteiger partial charge in [0, 0.05) is 26.7 Å². The number of carbonyl (C=O) groups is 1. The molecule has 0 radical (unpaired) electrons. The first-order chi connectivity index (χ1) is 9.42. The zero-order valence-corrected chi connectivity index (χ0v) is 14.0. The van der Waals surface area contributed by atoms with E-state index in [4.69, 9.17) is 5.73 Å². The fourth-order valence-corrected chi connectivity index (χ4v) is 2.73. The summed E-state index contributed by atoms with van der Waals surface area (Å²) >= 11 is 1.36. The lowest BCUT2D eigenvalue weighted by atomic mass is 10.2. The van der Waals surface area contributed by atoms with Crippen LogP contribution in [0.4, 0.5) is 10.9 Å². The van der Waals surface area contributed by atoms with E-state index in [1.54, 1.807) is 0 Å². The Bertz CT molecular complexity index is 444. The molecule has 1 rings (SSSR count). The van der Waals surface area contributed by atoms with Crippen LogP contribution in [0, 0.1) is 0 Å². The Morgan fingerprint density at radius 2 is 2.05 bits per heavy atom. The highest BCUT2D eigenvalue weighted by Crippen LogP contribution is 2.28. The topological polar surface area (TPSA) is 62.5 Å². The number of unbranched alkanes of at least 4 members (excludes halogenated alkanes) is 1. The summed E-state index contributed by atoms with van der Waals surface area (Å²) in [6.45, 7) is 7.08. The number of nitrogens with two attached hydrogens (primary N) is 1. The maximum atomic E-state index is 12.7. The lowest BCUT2D eigenvalue weighted by Crippen LogP contribution is -2.39. The normalized spacial score (nSPS) is 12.2. The van der Waals surface area contributed by atoms with Crippen molar-refractivity contribution in [2.45, 2.75) is 46.1 Å². The molecule has 1 unspecified atom stereocenters. The van der Waals surface area contributed by atoms with Crippen molar-refractivity contribution in [1.82, 2.24) is 9.88 Å². The monoisotopic (exact) mass is 298 g/mol. The fraction of sp³-hybridized carbons (Fsp3) is 0.714. The van der Waals surface area contributed by atoms with Crippen LogP contribution in [0.25, 0.3) is 0 Å². The molecular formula is C14H26N4OS. The Balaban J connectivity index is 2.99. The summed E-state index contributed by atoms with van der Waals surface area (Å²) in [7, 11) is 3.80. The van der Waals surface area contributed by atoms with Crippen LogP contribution in [0.15, 0.2) is 0 Å². The van der Waals surface area contributed by atoms with Crippen LogP contribution in [-0.2, 0) is 0 Å². The molecule has 6 heteroatoms. The van der Waals surface area contributed by atoms with Crippen LogP contribution in [-0.4, -0.2) is 42.5 Å². The standard InChI is InChI=1S/C14H26N4OS/c1-6-8-9-18(10(3)7-2)13(19)11-12(15)16-14(20-11)17(4)5/h10H,6-9,15H2,1-5H3. The summed E-state index contributed by atoms with van der Waals surface area (Å²) in [4.78, 5) is 21.3. The predicted molar refractivity (Wildman–Crippen MR) is 86.6 cm³/mol. The van der Waals surface area contributed by atoms with E-state index in [-0.39, 0.29) is 11.9 Å². The zero-order chi connectivity index (χ0) is 15.3. The second-order valence-electron chi connectivity index (χ2n) is 5.21. The van der Waals surface area contributed by atoms with Crippen molar-refractivity contribution >= 4 is 28.2 Å². The number of aromatic nitrogens is 1. The van der Waals surface area contributed by atoms with Gasteiger partial charge in [0.05, 0.1) is 0 Å². The van der Waals surface area contributed by atoms with Gasteiger partial charge in [-0.15, -0.1) is 0 Å². The van der Waals surface area contributed by atoms with E-state index in [2.05, 4.69) is 25.8 Å². The fourth-order valence-electron chi connectivity index (χ4n) is 1.87. The molecule has 0 spiro atoms. The number of nitrogen functional groups attached to an aromatic ring is 1. The summed E-state index contributed by atoms with van der Waals surface area (Å²) in [5, 5.41) is 0.769. The van der Waals surface area contributed by atoms with E-state index in [1.807, 2.05) is 23.9 Å². The van der Waals surface area contributed by atoms with E-state index in [0.29, 0.717) is 10.7 Å². The number of hydrogen-bond acceptors (Lipinski definition) is 5. The summed E-state index contributed by atoms with van der Waals surface area (Å²) in [6.07, 6.45) is 3.02. The average molecular weight is 298 g/mol. The molecule has 20 heavy (non-hydrogen) atoms. The molecule has 0 bridgehead atoms. The van der Waals surface area contributed by atoms with Crippen LogP contribution in [0.5, 0.6) is 0 Å². The molecule has 1 heterocycles. The van der Waals surface area contributed by atoms with E-state index < -0.39 is 0 Å². The van der Waals surface area contributed by atoms with E-state index >= 15 is 0 Å². The molecule has 0 saturated carbocycles. The Morgan fingerprint density at radius 3 is 2.50 bits per heavy atom. The summed E-state index contributed by atoms with van der Waals surface area (Å²) in [5.74, 6) is 0.351. The molecule has 1 amide bonds. The molecule has 0 fully saturated rings. The molecule has 1 aromatic heterocycles. The lowest BCUT2D eigenvalue weighted by Gasteiger charge is -2.28. The van der Waals surface area contributed by atoms with Gasteiger partial charge in [0.15, 0.2) is 5.13 Å². The van der Waals surface area contributed by atoms with E-state index in [1.165, 1.54) is 11.3 Å². The van der Waals surface area contributed by atoms with Gasteiger partial charge in [-0.2, -0.15) is 0 Å². The van der Waals surface area contributed by atoms with Gasteiger partial charge in [-0.05, 0) is 19.8 Å². The summed E-state index contributed by atoms with van der Waals surface area (Å²) < 4.78 is 0. The molecule has 0 saturated heterocycles. The number of nitrogens with zero attached hydrogens (tertiary/aromatic N) is 3. The molecule has 0 aliphatic carbocycles. The minimum atomic E-state index is 0.0101. The van der Waals surface area contributed by atoms with Gasteiger partial charge in [0.1, 0.15) is 10.7 Å². The Hall–Kier alpha value is -1.30. The average Bonchev–Trinajstić information content (AvgIpc) is 2.80. The Labute approximate surface area is 125 Å². The second kappa shape index (κ2) is 7.47. The predicted octanol–water partition coefficient (Wildman–Crippen LogP) is 2.83. The molecule has 1 atom stereocenters. The van der Waals surface area contributed by atoms with Gasteiger partial charge in [-0.25, -0.2) is 4.98 Å². The highest BCUT2D eigenvalue weighted by atomic mass is 32.1. The third-order valence-corrected chi connectivity index (χ3v) is 4.58. The maximum absolute atomic E-state index is 12.7. The van der Waals surface area contributed by atoms with Crippen molar-refractivity contribution in [3.05, 3.63) is 4.88 Å². The largest absolute Gasteiger partial charge is 0.382 e. The minimum Gasteiger partial charge on any atom is -0.382 e. The van der Waals surface area contributed by atoms with Gasteiger partial charge in [-0.3, -0.25) is 4.79 Å². The molecule has 1 aromatic rings. The van der Waals surface area contributed by atoms with Crippen LogP contribution in [0.3, 0.4) is 0 Å². The van der Waals surface area contributed by atoms with Gasteiger partial charge in [0.25, 0.3) is 5.91 Å². The molecule has 0 aromatic carbocycles.